The third kappa shape index (κ3) is 4.76. The second-order valence-electron chi connectivity index (χ2n) is 4.84. The van der Waals surface area contributed by atoms with Gasteiger partial charge in [-0.2, -0.15) is 0 Å². The zero-order valence-electron chi connectivity index (χ0n) is 12.1. The molecule has 0 spiro atoms. The number of halogens is 1. The van der Waals surface area contributed by atoms with Gasteiger partial charge >= 0.3 is 0 Å². The van der Waals surface area contributed by atoms with E-state index in [9.17, 15) is 0 Å². The highest BCUT2D eigenvalue weighted by Gasteiger charge is 2.04. The van der Waals surface area contributed by atoms with Crippen molar-refractivity contribution in [3.05, 3.63) is 58.1 Å². The average Bonchev–Trinajstić information content (AvgIpc) is 2.51. The summed E-state index contributed by atoms with van der Waals surface area (Å²) in [4.78, 5) is 0. The lowest BCUT2D eigenvalue weighted by atomic mass is 10.1. The Morgan fingerprint density at radius 1 is 1.19 bits per heavy atom. The van der Waals surface area contributed by atoms with E-state index in [4.69, 9.17) is 9.84 Å². The third-order valence-corrected chi connectivity index (χ3v) is 3.77. The molecule has 0 aliphatic carbocycles. The molecular weight excluding hydrogens is 330 g/mol. The molecule has 2 N–H and O–H groups in total. The fourth-order valence-electron chi connectivity index (χ4n) is 2.20. The second-order valence-corrected chi connectivity index (χ2v) is 5.75. The quantitative estimate of drug-likeness (QED) is 0.793. The number of aliphatic hydroxyl groups is 1. The van der Waals surface area contributed by atoms with Crippen LogP contribution in [-0.4, -0.2) is 18.8 Å². The number of anilines is 1. The molecule has 0 saturated carbocycles. The third-order valence-electron chi connectivity index (χ3n) is 3.28. The Morgan fingerprint density at radius 3 is 2.81 bits per heavy atom. The molecule has 2 aromatic rings. The first kappa shape index (κ1) is 15.9. The van der Waals surface area contributed by atoms with E-state index in [0.29, 0.717) is 6.54 Å². The Balaban J connectivity index is 2.04. The number of ether oxygens (including phenoxy) is 1. The van der Waals surface area contributed by atoms with Gasteiger partial charge < -0.3 is 15.2 Å². The maximum atomic E-state index is 8.90. The second kappa shape index (κ2) is 8.05. The Hall–Kier alpha value is -1.52. The zero-order valence-corrected chi connectivity index (χ0v) is 13.7. The number of rotatable bonds is 7. The molecule has 2 rings (SSSR count). The molecule has 0 heterocycles. The van der Waals surface area contributed by atoms with Crippen molar-refractivity contribution >= 4 is 21.6 Å². The van der Waals surface area contributed by atoms with E-state index in [-0.39, 0.29) is 6.61 Å². The number of benzene rings is 2. The monoisotopic (exact) mass is 349 g/mol. The summed E-state index contributed by atoms with van der Waals surface area (Å²) in [5, 5.41) is 12.3. The highest BCUT2D eigenvalue weighted by molar-refractivity contribution is 9.10. The predicted octanol–water partition coefficient (Wildman–Crippen LogP) is 3.99. The van der Waals surface area contributed by atoms with E-state index in [1.165, 1.54) is 5.56 Å². The molecule has 0 unspecified atom stereocenters. The van der Waals surface area contributed by atoms with Crippen molar-refractivity contribution in [3.63, 3.8) is 0 Å². The molecule has 0 fully saturated rings. The van der Waals surface area contributed by atoms with Gasteiger partial charge in [-0.15, -0.1) is 0 Å². The van der Waals surface area contributed by atoms with Crippen LogP contribution in [0, 0.1) is 0 Å². The molecule has 3 nitrogen and oxygen atoms in total. The molecular formula is C17H20BrNO2. The van der Waals surface area contributed by atoms with Crippen LogP contribution < -0.4 is 10.1 Å². The van der Waals surface area contributed by atoms with Gasteiger partial charge in [-0.25, -0.2) is 0 Å². The van der Waals surface area contributed by atoms with Gasteiger partial charge in [0.05, 0.1) is 7.11 Å². The summed E-state index contributed by atoms with van der Waals surface area (Å²) in [6.45, 7) is 0.930. The standard InChI is InChI=1S/C17H20BrNO2/c1-21-17-8-7-15(18)11-14(17)12-19-16-6-2-4-13(10-16)5-3-9-20/h2,4,6-8,10-11,19-20H,3,5,9,12H2,1H3. The van der Waals surface area contributed by atoms with E-state index in [0.717, 1.165) is 34.3 Å². The van der Waals surface area contributed by atoms with Gasteiger partial charge in [0.15, 0.2) is 0 Å². The summed E-state index contributed by atoms with van der Waals surface area (Å²) in [5.41, 5.74) is 3.41. The first-order valence-electron chi connectivity index (χ1n) is 6.99. The highest BCUT2D eigenvalue weighted by Crippen LogP contribution is 2.24. The molecule has 0 saturated heterocycles. The van der Waals surface area contributed by atoms with Crippen LogP contribution in [0.4, 0.5) is 5.69 Å². The molecule has 0 atom stereocenters. The summed E-state index contributed by atoms with van der Waals surface area (Å²) >= 11 is 3.48. The number of hydrogen-bond acceptors (Lipinski definition) is 3. The van der Waals surface area contributed by atoms with Crippen LogP contribution in [0.3, 0.4) is 0 Å². The minimum Gasteiger partial charge on any atom is -0.496 e. The fourth-order valence-corrected chi connectivity index (χ4v) is 2.61. The molecule has 0 aromatic heterocycles. The highest BCUT2D eigenvalue weighted by atomic mass is 79.9. The molecule has 4 heteroatoms. The van der Waals surface area contributed by atoms with E-state index >= 15 is 0 Å². The van der Waals surface area contributed by atoms with E-state index in [2.05, 4.69) is 39.4 Å². The van der Waals surface area contributed by atoms with Crippen molar-refractivity contribution in [1.29, 1.82) is 0 Å². The van der Waals surface area contributed by atoms with Crippen molar-refractivity contribution in [2.45, 2.75) is 19.4 Å². The predicted molar refractivity (Wildman–Crippen MR) is 89.9 cm³/mol. The van der Waals surface area contributed by atoms with Gasteiger partial charge in [-0.1, -0.05) is 28.1 Å². The van der Waals surface area contributed by atoms with Crippen molar-refractivity contribution < 1.29 is 9.84 Å². The molecule has 0 aliphatic heterocycles. The van der Waals surface area contributed by atoms with Gasteiger partial charge in [0.25, 0.3) is 0 Å². The lowest BCUT2D eigenvalue weighted by Crippen LogP contribution is -2.02. The molecule has 0 amide bonds. The van der Waals surface area contributed by atoms with Crippen molar-refractivity contribution in [1.82, 2.24) is 0 Å². The SMILES string of the molecule is COc1ccc(Br)cc1CNc1cccc(CCCO)c1. The van der Waals surface area contributed by atoms with Crippen LogP contribution in [0.1, 0.15) is 17.5 Å². The molecule has 2 aromatic carbocycles. The van der Waals surface area contributed by atoms with Crippen LogP contribution in [0.2, 0.25) is 0 Å². The molecule has 21 heavy (non-hydrogen) atoms. The van der Waals surface area contributed by atoms with Crippen LogP contribution in [0.15, 0.2) is 46.9 Å². The Labute approximate surface area is 134 Å². The number of aliphatic hydroxyl groups excluding tert-OH is 1. The van der Waals surface area contributed by atoms with Crippen LogP contribution in [0.5, 0.6) is 5.75 Å². The summed E-state index contributed by atoms with van der Waals surface area (Å²) in [5.74, 6) is 0.877. The van der Waals surface area contributed by atoms with Crippen molar-refractivity contribution in [2.75, 3.05) is 19.0 Å². The maximum absolute atomic E-state index is 8.90. The van der Waals surface area contributed by atoms with Crippen LogP contribution in [0.25, 0.3) is 0 Å². The Bertz CT molecular complexity index is 587. The van der Waals surface area contributed by atoms with Crippen molar-refractivity contribution in [3.8, 4) is 5.75 Å². The first-order valence-corrected chi connectivity index (χ1v) is 7.78. The van der Waals surface area contributed by atoms with Gasteiger partial charge in [-0.3, -0.25) is 0 Å². The van der Waals surface area contributed by atoms with Gasteiger partial charge in [-0.05, 0) is 48.7 Å². The summed E-state index contributed by atoms with van der Waals surface area (Å²) < 4.78 is 6.42. The van der Waals surface area contributed by atoms with Crippen LogP contribution in [-0.2, 0) is 13.0 Å². The number of nitrogens with one attached hydrogen (secondary N) is 1. The van der Waals surface area contributed by atoms with Gasteiger partial charge in [0.1, 0.15) is 5.75 Å². The lowest BCUT2D eigenvalue weighted by molar-refractivity contribution is 0.288. The number of aryl methyl sites for hydroxylation is 1. The van der Waals surface area contributed by atoms with E-state index in [1.54, 1.807) is 7.11 Å². The minimum absolute atomic E-state index is 0.229. The first-order chi connectivity index (χ1) is 10.2. The zero-order chi connectivity index (χ0) is 15.1. The van der Waals surface area contributed by atoms with E-state index < -0.39 is 0 Å². The van der Waals surface area contributed by atoms with Crippen molar-refractivity contribution in [2.24, 2.45) is 0 Å². The largest absolute Gasteiger partial charge is 0.496 e. The lowest BCUT2D eigenvalue weighted by Gasteiger charge is -2.12. The van der Waals surface area contributed by atoms with Gasteiger partial charge in [0, 0.05) is 28.9 Å². The smallest absolute Gasteiger partial charge is 0.123 e. The fraction of sp³-hybridized carbons (Fsp3) is 0.294. The summed E-state index contributed by atoms with van der Waals surface area (Å²) in [6, 6.07) is 14.3. The maximum Gasteiger partial charge on any atom is 0.123 e. The van der Waals surface area contributed by atoms with Crippen LogP contribution >= 0.6 is 15.9 Å². The topological polar surface area (TPSA) is 41.5 Å². The summed E-state index contributed by atoms with van der Waals surface area (Å²) in [6.07, 6.45) is 1.69. The van der Waals surface area contributed by atoms with E-state index in [1.807, 2.05) is 24.3 Å². The molecule has 0 aliphatic rings. The summed E-state index contributed by atoms with van der Waals surface area (Å²) in [7, 11) is 1.68. The molecule has 0 bridgehead atoms. The number of methoxy groups -OCH3 is 1. The minimum atomic E-state index is 0.229. The number of hydrogen-bond donors (Lipinski definition) is 2. The Kier molecular flexibility index (Phi) is 6.08. The Morgan fingerprint density at radius 2 is 2.05 bits per heavy atom. The normalized spacial score (nSPS) is 10.4. The molecule has 0 radical (unpaired) electrons. The molecule has 112 valence electrons. The van der Waals surface area contributed by atoms with Gasteiger partial charge in [0.2, 0.25) is 0 Å². The average molecular weight is 350 g/mol.